The molecule has 1 aromatic rings. The van der Waals surface area contributed by atoms with Crippen LogP contribution < -0.4 is 0 Å². The first kappa shape index (κ1) is 13.7. The van der Waals surface area contributed by atoms with Crippen LogP contribution >= 0.6 is 23.2 Å². The number of alkyl halides is 1. The number of halogens is 2. The Balaban J connectivity index is 2.93. The molecule has 0 amide bonds. The van der Waals surface area contributed by atoms with Crippen LogP contribution in [0, 0.1) is 10.1 Å². The molecule has 0 saturated carbocycles. The van der Waals surface area contributed by atoms with Crippen molar-refractivity contribution < 1.29 is 14.5 Å². The maximum Gasteiger partial charge on any atom is 0.324 e. The lowest BCUT2D eigenvalue weighted by Crippen LogP contribution is -2.18. The highest BCUT2D eigenvalue weighted by atomic mass is 35.5. The third-order valence-corrected chi connectivity index (χ3v) is 2.80. The van der Waals surface area contributed by atoms with E-state index in [1.165, 1.54) is 25.3 Å². The Hall–Kier alpha value is -1.33. The molecule has 7 heteroatoms. The van der Waals surface area contributed by atoms with E-state index in [9.17, 15) is 14.9 Å². The van der Waals surface area contributed by atoms with Crippen molar-refractivity contribution >= 4 is 34.9 Å². The lowest BCUT2D eigenvalue weighted by molar-refractivity contribution is -0.384. The number of nitro groups is 1. The zero-order valence-corrected chi connectivity index (χ0v) is 10.4. The summed E-state index contributed by atoms with van der Waals surface area (Å²) in [4.78, 5) is 21.2. The van der Waals surface area contributed by atoms with Gasteiger partial charge in [0.25, 0.3) is 5.69 Å². The van der Waals surface area contributed by atoms with Crippen molar-refractivity contribution in [2.45, 2.75) is 11.8 Å². The van der Waals surface area contributed by atoms with E-state index in [1.54, 1.807) is 0 Å². The second-order valence-corrected chi connectivity index (χ2v) is 4.16. The van der Waals surface area contributed by atoms with E-state index >= 15 is 0 Å². The highest BCUT2D eigenvalue weighted by Crippen LogP contribution is 2.24. The fourth-order valence-corrected chi connectivity index (χ4v) is 1.69. The van der Waals surface area contributed by atoms with Crippen molar-refractivity contribution in [1.29, 1.82) is 0 Å². The van der Waals surface area contributed by atoms with Gasteiger partial charge in [0.15, 0.2) is 0 Å². The van der Waals surface area contributed by atoms with Gasteiger partial charge >= 0.3 is 5.97 Å². The second kappa shape index (κ2) is 5.84. The normalized spacial score (nSPS) is 11.9. The summed E-state index contributed by atoms with van der Waals surface area (Å²) < 4.78 is 4.45. The lowest BCUT2D eigenvalue weighted by atomic mass is 10.1. The van der Waals surface area contributed by atoms with Crippen LogP contribution in [-0.4, -0.2) is 23.4 Å². The molecule has 0 aliphatic heterocycles. The minimum atomic E-state index is -0.917. The Kier molecular flexibility index (Phi) is 4.72. The van der Waals surface area contributed by atoms with Gasteiger partial charge in [-0.15, -0.1) is 11.6 Å². The van der Waals surface area contributed by atoms with E-state index in [2.05, 4.69) is 4.74 Å². The number of rotatable bonds is 4. The van der Waals surface area contributed by atoms with E-state index in [0.29, 0.717) is 10.6 Å². The van der Waals surface area contributed by atoms with Gasteiger partial charge in [-0.25, -0.2) is 0 Å². The molecule has 1 aromatic carbocycles. The molecule has 17 heavy (non-hydrogen) atoms. The summed E-state index contributed by atoms with van der Waals surface area (Å²) in [5.41, 5.74) is 0.337. The number of non-ortho nitro benzene ring substituents is 1. The molecule has 5 nitrogen and oxygen atoms in total. The van der Waals surface area contributed by atoms with Crippen LogP contribution in [0.15, 0.2) is 18.2 Å². The number of carbonyl (C=O) groups is 1. The molecule has 92 valence electrons. The fourth-order valence-electron chi connectivity index (χ4n) is 1.24. The quantitative estimate of drug-likeness (QED) is 0.367. The summed E-state index contributed by atoms with van der Waals surface area (Å²) in [5.74, 6) is -0.603. The Morgan fingerprint density at radius 3 is 2.76 bits per heavy atom. The molecule has 0 N–H and O–H groups in total. The number of nitro benzene ring substituents is 1. The molecule has 0 heterocycles. The first-order valence-electron chi connectivity index (χ1n) is 4.60. The summed E-state index contributed by atoms with van der Waals surface area (Å²) in [7, 11) is 1.22. The molecule has 0 spiro atoms. The van der Waals surface area contributed by atoms with Crippen LogP contribution in [0.25, 0.3) is 0 Å². The summed E-state index contributed by atoms with van der Waals surface area (Å²) in [6.07, 6.45) is 0.0781. The zero-order valence-electron chi connectivity index (χ0n) is 8.85. The van der Waals surface area contributed by atoms with Crippen molar-refractivity contribution in [3.8, 4) is 0 Å². The number of hydrogen-bond donors (Lipinski definition) is 0. The Bertz CT molecular complexity index is 450. The van der Waals surface area contributed by atoms with Gasteiger partial charge in [0.1, 0.15) is 5.38 Å². The fraction of sp³-hybridized carbons (Fsp3) is 0.300. The Morgan fingerprint density at radius 1 is 1.59 bits per heavy atom. The number of nitrogens with zero attached hydrogens (tertiary/aromatic N) is 1. The molecule has 0 aromatic heterocycles. The number of ether oxygens (including phenoxy) is 1. The third kappa shape index (κ3) is 3.57. The minimum Gasteiger partial charge on any atom is -0.468 e. The van der Waals surface area contributed by atoms with E-state index in [-0.39, 0.29) is 12.1 Å². The number of carbonyl (C=O) groups excluding carboxylic acids is 1. The number of benzene rings is 1. The second-order valence-electron chi connectivity index (χ2n) is 3.23. The maximum atomic E-state index is 11.1. The molecule has 1 unspecified atom stereocenters. The van der Waals surface area contributed by atoms with Gasteiger partial charge in [0, 0.05) is 23.6 Å². The van der Waals surface area contributed by atoms with Crippen molar-refractivity contribution in [3.63, 3.8) is 0 Å². The zero-order chi connectivity index (χ0) is 13.0. The summed E-state index contributed by atoms with van der Waals surface area (Å²) in [5, 5.41) is 9.99. The van der Waals surface area contributed by atoms with Gasteiger partial charge in [0.2, 0.25) is 0 Å². The number of methoxy groups -OCH3 is 1. The smallest absolute Gasteiger partial charge is 0.324 e. The first-order valence-corrected chi connectivity index (χ1v) is 5.42. The van der Waals surface area contributed by atoms with E-state index in [4.69, 9.17) is 23.2 Å². The van der Waals surface area contributed by atoms with E-state index in [1.807, 2.05) is 0 Å². The van der Waals surface area contributed by atoms with Crippen molar-refractivity contribution in [1.82, 2.24) is 0 Å². The van der Waals surface area contributed by atoms with Gasteiger partial charge in [-0.3, -0.25) is 14.9 Å². The molecule has 0 radical (unpaired) electrons. The lowest BCUT2D eigenvalue weighted by Gasteiger charge is -2.08. The van der Waals surface area contributed by atoms with Gasteiger partial charge in [-0.2, -0.15) is 0 Å². The van der Waals surface area contributed by atoms with Gasteiger partial charge in [0.05, 0.1) is 12.0 Å². The van der Waals surface area contributed by atoms with Crippen LogP contribution in [0.3, 0.4) is 0 Å². The van der Waals surface area contributed by atoms with Gasteiger partial charge < -0.3 is 4.74 Å². The standard InChI is InChI=1S/C10H9Cl2NO4/c1-17-10(14)9(12)5-6-4-7(13(15)16)2-3-8(6)11/h2-4,9H,5H2,1H3. The first-order chi connectivity index (χ1) is 7.95. The molecule has 1 atom stereocenters. The molecule has 0 fully saturated rings. The topological polar surface area (TPSA) is 69.4 Å². The van der Waals surface area contributed by atoms with Crippen molar-refractivity contribution in [3.05, 3.63) is 38.9 Å². The molecule has 0 saturated heterocycles. The Morgan fingerprint density at radius 2 is 2.24 bits per heavy atom. The van der Waals surface area contributed by atoms with E-state index in [0.717, 1.165) is 0 Å². The average Bonchev–Trinajstić information content (AvgIpc) is 2.30. The molecule has 1 rings (SSSR count). The molecular weight excluding hydrogens is 269 g/mol. The van der Waals surface area contributed by atoms with Gasteiger partial charge in [-0.05, 0) is 11.6 Å². The minimum absolute atomic E-state index is 0.0781. The van der Waals surface area contributed by atoms with Crippen molar-refractivity contribution in [2.24, 2.45) is 0 Å². The monoisotopic (exact) mass is 277 g/mol. The Labute approximate surface area is 107 Å². The summed E-state index contributed by atoms with van der Waals surface area (Å²) in [6, 6.07) is 3.98. The maximum absolute atomic E-state index is 11.1. The van der Waals surface area contributed by atoms with Crippen LogP contribution in [0.2, 0.25) is 5.02 Å². The average molecular weight is 278 g/mol. The SMILES string of the molecule is COC(=O)C(Cl)Cc1cc([N+](=O)[O-])ccc1Cl. The van der Waals surface area contributed by atoms with Crippen LogP contribution in [-0.2, 0) is 16.0 Å². The van der Waals surface area contributed by atoms with Crippen LogP contribution in [0.5, 0.6) is 0 Å². The number of esters is 1. The molecular formula is C10H9Cl2NO4. The third-order valence-electron chi connectivity index (χ3n) is 2.10. The van der Waals surface area contributed by atoms with Crippen LogP contribution in [0.1, 0.15) is 5.56 Å². The summed E-state index contributed by atoms with van der Waals surface area (Å²) in [6.45, 7) is 0. The molecule has 0 aliphatic rings. The highest BCUT2D eigenvalue weighted by Gasteiger charge is 2.19. The largest absolute Gasteiger partial charge is 0.468 e. The predicted octanol–water partition coefficient (Wildman–Crippen LogP) is 2.57. The highest BCUT2D eigenvalue weighted by molar-refractivity contribution is 6.32. The van der Waals surface area contributed by atoms with Gasteiger partial charge in [-0.1, -0.05) is 11.6 Å². The number of hydrogen-bond acceptors (Lipinski definition) is 4. The van der Waals surface area contributed by atoms with Crippen LogP contribution in [0.4, 0.5) is 5.69 Å². The summed E-state index contributed by atoms with van der Waals surface area (Å²) >= 11 is 11.6. The molecule has 0 bridgehead atoms. The van der Waals surface area contributed by atoms with Crippen molar-refractivity contribution in [2.75, 3.05) is 7.11 Å². The van der Waals surface area contributed by atoms with E-state index < -0.39 is 16.3 Å². The predicted molar refractivity (Wildman–Crippen MR) is 63.5 cm³/mol. The molecule has 0 aliphatic carbocycles.